The Morgan fingerprint density at radius 2 is 1.50 bits per heavy atom. The SMILES string of the molecule is O=BC=Nc1ccc(C#Cc2ccccc2)cc1. The zero-order valence-electron chi connectivity index (χ0n) is 9.71. The van der Waals surface area contributed by atoms with Crippen LogP contribution in [0.25, 0.3) is 0 Å². The van der Waals surface area contributed by atoms with E-state index in [1.165, 1.54) is 6.11 Å². The van der Waals surface area contributed by atoms with Crippen molar-refractivity contribution in [1.82, 2.24) is 0 Å². The zero-order chi connectivity index (χ0) is 12.6. The average Bonchev–Trinajstić information content (AvgIpc) is 2.45. The molecule has 0 aromatic heterocycles. The van der Waals surface area contributed by atoms with Crippen molar-refractivity contribution in [3.05, 3.63) is 65.7 Å². The Hall–Kier alpha value is -2.47. The number of aliphatic imine (C=N–C) groups is 1. The van der Waals surface area contributed by atoms with Crippen LogP contribution in [0.2, 0.25) is 0 Å². The van der Waals surface area contributed by atoms with Gasteiger partial charge in [-0.1, -0.05) is 0 Å². The number of rotatable bonds is 2. The first kappa shape index (κ1) is 12.0. The summed E-state index contributed by atoms with van der Waals surface area (Å²) < 4.78 is 10.1. The molecule has 2 rings (SSSR count). The van der Waals surface area contributed by atoms with E-state index in [1.54, 1.807) is 0 Å². The van der Waals surface area contributed by atoms with Gasteiger partial charge in [0.15, 0.2) is 0 Å². The molecule has 2 nitrogen and oxygen atoms in total. The summed E-state index contributed by atoms with van der Waals surface area (Å²) in [5.41, 5.74) is 2.65. The Morgan fingerprint density at radius 3 is 2.11 bits per heavy atom. The first-order valence-electron chi connectivity index (χ1n) is 5.53. The quantitative estimate of drug-likeness (QED) is 0.444. The van der Waals surface area contributed by atoms with Gasteiger partial charge in [-0.05, 0) is 0 Å². The number of hydrogen-bond donors (Lipinski definition) is 0. The van der Waals surface area contributed by atoms with E-state index in [-0.39, 0.29) is 0 Å². The summed E-state index contributed by atoms with van der Waals surface area (Å²) >= 11 is 0. The van der Waals surface area contributed by atoms with E-state index in [4.69, 9.17) is 0 Å². The fourth-order valence-corrected chi connectivity index (χ4v) is 1.41. The topological polar surface area (TPSA) is 29.4 Å². The van der Waals surface area contributed by atoms with Gasteiger partial charge in [0, 0.05) is 0 Å². The molecule has 0 N–H and O–H groups in total. The molecule has 0 aliphatic rings. The van der Waals surface area contributed by atoms with Gasteiger partial charge in [-0.25, -0.2) is 0 Å². The molecule has 0 saturated carbocycles. The average molecular weight is 231 g/mol. The monoisotopic (exact) mass is 231 g/mol. The summed E-state index contributed by atoms with van der Waals surface area (Å²) in [5, 5.41) is 0. The van der Waals surface area contributed by atoms with Crippen LogP contribution in [0.5, 0.6) is 0 Å². The van der Waals surface area contributed by atoms with Gasteiger partial charge in [0.05, 0.1) is 0 Å². The Bertz CT molecular complexity index is 606. The number of benzene rings is 2. The van der Waals surface area contributed by atoms with E-state index in [2.05, 4.69) is 16.8 Å². The summed E-state index contributed by atoms with van der Waals surface area (Å²) in [6.07, 6.45) is 1.23. The van der Waals surface area contributed by atoms with E-state index in [9.17, 15) is 4.70 Å². The molecule has 0 aliphatic carbocycles. The van der Waals surface area contributed by atoms with Crippen LogP contribution in [0.3, 0.4) is 0 Å². The molecule has 0 radical (unpaired) electrons. The Balaban J connectivity index is 2.14. The van der Waals surface area contributed by atoms with E-state index in [0.717, 1.165) is 16.8 Å². The molecule has 0 saturated heterocycles. The van der Waals surface area contributed by atoms with Crippen molar-refractivity contribution in [2.24, 2.45) is 4.99 Å². The van der Waals surface area contributed by atoms with E-state index >= 15 is 0 Å². The molecule has 84 valence electrons. The third-order valence-electron chi connectivity index (χ3n) is 2.28. The van der Waals surface area contributed by atoms with Crippen LogP contribution < -0.4 is 0 Å². The van der Waals surface area contributed by atoms with Crippen LogP contribution in [-0.4, -0.2) is 13.3 Å². The van der Waals surface area contributed by atoms with E-state index in [0.29, 0.717) is 7.15 Å². The molecular weight excluding hydrogens is 221 g/mol. The first-order valence-corrected chi connectivity index (χ1v) is 5.53. The normalized spacial score (nSPS) is 9.56. The third-order valence-corrected chi connectivity index (χ3v) is 2.28. The Morgan fingerprint density at radius 1 is 0.889 bits per heavy atom. The molecule has 0 atom stereocenters. The van der Waals surface area contributed by atoms with E-state index < -0.39 is 0 Å². The molecule has 0 bridgehead atoms. The van der Waals surface area contributed by atoms with Crippen molar-refractivity contribution < 1.29 is 4.70 Å². The summed E-state index contributed by atoms with van der Waals surface area (Å²) in [6.45, 7) is 0. The molecule has 0 unspecified atom stereocenters. The molecule has 0 fully saturated rings. The second kappa shape index (κ2) is 6.31. The molecule has 0 spiro atoms. The van der Waals surface area contributed by atoms with Gasteiger partial charge in [0.1, 0.15) is 0 Å². The van der Waals surface area contributed by atoms with Gasteiger partial charge in [0.25, 0.3) is 0 Å². The molecule has 3 heteroatoms. The standard InChI is InChI=1S/C15H10BNO/c18-16-12-17-15-10-8-14(9-11-15)7-6-13-4-2-1-3-5-13/h1-5,8-12H. The summed E-state index contributed by atoms with van der Waals surface area (Å²) in [4.78, 5) is 3.94. The summed E-state index contributed by atoms with van der Waals surface area (Å²) in [7, 11) is 0.656. The predicted molar refractivity (Wildman–Crippen MR) is 73.5 cm³/mol. The Labute approximate surface area is 107 Å². The van der Waals surface area contributed by atoms with Gasteiger partial charge in [-0.2, -0.15) is 0 Å². The minimum atomic E-state index is 0.656. The van der Waals surface area contributed by atoms with Crippen LogP contribution in [-0.2, 0) is 4.70 Å². The second-order valence-corrected chi connectivity index (χ2v) is 3.58. The van der Waals surface area contributed by atoms with Crippen LogP contribution in [0.1, 0.15) is 11.1 Å². The molecule has 0 heterocycles. The van der Waals surface area contributed by atoms with Crippen LogP contribution >= 0.6 is 0 Å². The molecule has 2 aromatic rings. The fourth-order valence-electron chi connectivity index (χ4n) is 1.41. The third kappa shape index (κ3) is 3.53. The fraction of sp³-hybridized carbons (Fsp3) is 0. The van der Waals surface area contributed by atoms with E-state index in [1.807, 2.05) is 54.6 Å². The van der Waals surface area contributed by atoms with Crippen molar-refractivity contribution in [3.8, 4) is 11.8 Å². The second-order valence-electron chi connectivity index (χ2n) is 3.58. The molecular formula is C15H10BNO. The zero-order valence-corrected chi connectivity index (χ0v) is 9.71. The molecule has 0 amide bonds. The number of nitrogens with zero attached hydrogens (tertiary/aromatic N) is 1. The minimum absolute atomic E-state index is 0.656. The maximum atomic E-state index is 10.1. The van der Waals surface area contributed by atoms with Crippen molar-refractivity contribution in [1.29, 1.82) is 0 Å². The first-order chi connectivity index (χ1) is 8.88. The van der Waals surface area contributed by atoms with Crippen LogP contribution in [0, 0.1) is 11.8 Å². The maximum absolute atomic E-state index is 10.1. The van der Waals surface area contributed by atoms with Gasteiger partial charge in [-0.15, -0.1) is 0 Å². The van der Waals surface area contributed by atoms with Gasteiger partial charge in [0.2, 0.25) is 0 Å². The predicted octanol–water partition coefficient (Wildman–Crippen LogP) is 2.80. The Kier molecular flexibility index (Phi) is 4.21. The van der Waals surface area contributed by atoms with Gasteiger partial charge >= 0.3 is 106 Å². The molecule has 0 aliphatic heterocycles. The summed E-state index contributed by atoms with van der Waals surface area (Å²) in [6, 6.07) is 17.2. The van der Waals surface area contributed by atoms with Crippen LogP contribution in [0.15, 0.2) is 59.6 Å². The molecule has 18 heavy (non-hydrogen) atoms. The number of hydrogen-bond acceptors (Lipinski definition) is 2. The van der Waals surface area contributed by atoms with Gasteiger partial charge < -0.3 is 0 Å². The van der Waals surface area contributed by atoms with Crippen molar-refractivity contribution in [3.63, 3.8) is 0 Å². The van der Waals surface area contributed by atoms with Gasteiger partial charge in [-0.3, -0.25) is 0 Å². The van der Waals surface area contributed by atoms with Crippen molar-refractivity contribution >= 4 is 19.0 Å². The van der Waals surface area contributed by atoms with Crippen LogP contribution in [0.4, 0.5) is 5.69 Å². The van der Waals surface area contributed by atoms with Crippen molar-refractivity contribution in [2.45, 2.75) is 0 Å². The molecule has 2 aromatic carbocycles. The summed E-state index contributed by atoms with van der Waals surface area (Å²) in [5.74, 6) is 6.15. The van der Waals surface area contributed by atoms with Crippen molar-refractivity contribution in [2.75, 3.05) is 0 Å².